The number of carboxylic acid groups (broad SMARTS) is 1. The van der Waals surface area contributed by atoms with Gasteiger partial charge in [-0.1, -0.05) is 0 Å². The minimum atomic E-state index is -0.854. The van der Waals surface area contributed by atoms with E-state index in [1.54, 1.807) is 6.92 Å². The van der Waals surface area contributed by atoms with Gasteiger partial charge in [-0.25, -0.2) is 0 Å². The number of nitrogens with one attached hydrogen (secondary N) is 1. The summed E-state index contributed by atoms with van der Waals surface area (Å²) >= 11 is 0. The number of aliphatic carboxylic acids is 1. The van der Waals surface area contributed by atoms with Crippen molar-refractivity contribution in [2.75, 3.05) is 0 Å². The lowest BCUT2D eigenvalue weighted by Crippen LogP contribution is -2.36. The lowest BCUT2D eigenvalue weighted by molar-refractivity contribution is -0.139. The molecule has 0 saturated carbocycles. The van der Waals surface area contributed by atoms with Gasteiger partial charge in [-0.3, -0.25) is 10.1 Å². The van der Waals surface area contributed by atoms with Crippen LogP contribution in [0, 0.1) is 0 Å². The van der Waals surface area contributed by atoms with Crippen LogP contribution in [-0.4, -0.2) is 31.9 Å². The third-order valence-electron chi connectivity index (χ3n) is 2.90. The van der Waals surface area contributed by atoms with Crippen LogP contribution >= 0.6 is 0 Å². The van der Waals surface area contributed by atoms with Gasteiger partial charge >= 0.3 is 5.97 Å². The molecule has 16 heavy (non-hydrogen) atoms. The van der Waals surface area contributed by atoms with E-state index in [1.165, 1.54) is 0 Å². The highest BCUT2D eigenvalue weighted by Crippen LogP contribution is 2.19. The number of hydrogen-bond donors (Lipinski definition) is 2. The van der Waals surface area contributed by atoms with Crippen molar-refractivity contribution in [2.45, 2.75) is 45.3 Å². The van der Waals surface area contributed by atoms with Crippen LogP contribution < -0.4 is 5.32 Å². The number of carbonyl (C=O) groups is 1. The number of fused-ring (bicyclic) bond motifs is 1. The van der Waals surface area contributed by atoms with Gasteiger partial charge in [0, 0.05) is 13.0 Å². The molecule has 2 N–H and O–H groups in total. The van der Waals surface area contributed by atoms with Crippen molar-refractivity contribution in [3.8, 4) is 0 Å². The molecule has 2 unspecified atom stereocenters. The lowest BCUT2D eigenvalue weighted by Gasteiger charge is -2.16. The molecule has 2 heterocycles. The Bertz CT molecular complexity index is 402. The van der Waals surface area contributed by atoms with Gasteiger partial charge < -0.3 is 9.67 Å². The fourth-order valence-corrected chi connectivity index (χ4v) is 2.01. The summed E-state index contributed by atoms with van der Waals surface area (Å²) in [4.78, 5) is 10.7. The van der Waals surface area contributed by atoms with E-state index in [0.717, 1.165) is 31.0 Å². The second-order valence-corrected chi connectivity index (χ2v) is 4.18. The van der Waals surface area contributed by atoms with Crippen LogP contribution in [0.3, 0.4) is 0 Å². The van der Waals surface area contributed by atoms with Gasteiger partial charge in [0.25, 0.3) is 0 Å². The summed E-state index contributed by atoms with van der Waals surface area (Å²) in [5.74, 6) is 0.986. The van der Waals surface area contributed by atoms with E-state index < -0.39 is 12.0 Å². The predicted molar refractivity (Wildman–Crippen MR) is 57.0 cm³/mol. The molecule has 88 valence electrons. The maximum atomic E-state index is 10.7. The number of aromatic nitrogens is 3. The summed E-state index contributed by atoms with van der Waals surface area (Å²) in [6, 6.07) is -0.671. The Morgan fingerprint density at radius 1 is 1.50 bits per heavy atom. The molecule has 1 aliphatic rings. The quantitative estimate of drug-likeness (QED) is 0.771. The van der Waals surface area contributed by atoms with E-state index in [9.17, 15) is 4.79 Å². The molecule has 0 bridgehead atoms. The largest absolute Gasteiger partial charge is 0.480 e. The van der Waals surface area contributed by atoms with E-state index in [-0.39, 0.29) is 6.04 Å². The smallest absolute Gasteiger partial charge is 0.320 e. The van der Waals surface area contributed by atoms with Gasteiger partial charge in [-0.2, -0.15) is 0 Å². The van der Waals surface area contributed by atoms with Crippen molar-refractivity contribution in [3.63, 3.8) is 0 Å². The Kier molecular flexibility index (Phi) is 2.91. The van der Waals surface area contributed by atoms with Gasteiger partial charge in [-0.15, -0.1) is 10.2 Å². The lowest BCUT2D eigenvalue weighted by atomic mass is 10.2. The first-order valence-corrected chi connectivity index (χ1v) is 5.50. The molecule has 1 aromatic rings. The molecule has 2 atom stereocenters. The topological polar surface area (TPSA) is 80.0 Å². The minimum Gasteiger partial charge on any atom is -0.480 e. The second-order valence-electron chi connectivity index (χ2n) is 4.18. The van der Waals surface area contributed by atoms with Gasteiger partial charge in [0.05, 0.1) is 6.04 Å². The Balaban J connectivity index is 2.09. The van der Waals surface area contributed by atoms with E-state index in [2.05, 4.69) is 20.1 Å². The highest BCUT2D eigenvalue weighted by molar-refractivity contribution is 5.72. The third kappa shape index (κ3) is 1.92. The zero-order chi connectivity index (χ0) is 11.7. The van der Waals surface area contributed by atoms with Crippen LogP contribution in [0.2, 0.25) is 0 Å². The molecule has 0 saturated heterocycles. The van der Waals surface area contributed by atoms with Gasteiger partial charge in [0.2, 0.25) is 0 Å². The van der Waals surface area contributed by atoms with E-state index in [1.807, 2.05) is 6.92 Å². The zero-order valence-electron chi connectivity index (χ0n) is 9.47. The van der Waals surface area contributed by atoms with Crippen molar-refractivity contribution in [2.24, 2.45) is 0 Å². The monoisotopic (exact) mass is 224 g/mol. The molecule has 6 nitrogen and oxygen atoms in total. The number of aryl methyl sites for hydroxylation is 1. The molecule has 0 aromatic carbocycles. The molecule has 0 fully saturated rings. The van der Waals surface area contributed by atoms with Crippen LogP contribution in [0.25, 0.3) is 0 Å². The fourth-order valence-electron chi connectivity index (χ4n) is 2.01. The molecule has 1 aliphatic heterocycles. The summed E-state index contributed by atoms with van der Waals surface area (Å²) in [5, 5.41) is 20.0. The summed E-state index contributed by atoms with van der Waals surface area (Å²) in [7, 11) is 0. The van der Waals surface area contributed by atoms with Crippen molar-refractivity contribution in [1.29, 1.82) is 0 Å². The van der Waals surface area contributed by atoms with Crippen molar-refractivity contribution >= 4 is 5.97 Å². The number of carboxylic acids is 1. The summed E-state index contributed by atoms with van der Waals surface area (Å²) in [5.41, 5.74) is 0. The standard InChI is InChI=1S/C10H16N4O2/c1-6(11-7(2)10(15)16)9-13-12-8-4-3-5-14(8)9/h6-7,11H,3-5H2,1-2H3,(H,15,16). The first-order valence-electron chi connectivity index (χ1n) is 5.50. The normalized spacial score (nSPS) is 18.1. The highest BCUT2D eigenvalue weighted by Gasteiger charge is 2.23. The second kappa shape index (κ2) is 4.21. The van der Waals surface area contributed by atoms with Crippen LogP contribution in [0.15, 0.2) is 0 Å². The molecule has 1 aromatic heterocycles. The summed E-state index contributed by atoms with van der Waals surface area (Å²) in [6.45, 7) is 4.47. The number of rotatable bonds is 4. The number of nitrogens with zero attached hydrogens (tertiary/aromatic N) is 3. The van der Waals surface area contributed by atoms with Crippen molar-refractivity contribution < 1.29 is 9.90 Å². The van der Waals surface area contributed by atoms with Gasteiger partial charge in [0.15, 0.2) is 0 Å². The molecule has 0 aliphatic carbocycles. The van der Waals surface area contributed by atoms with Gasteiger partial charge in [-0.05, 0) is 20.3 Å². The summed E-state index contributed by atoms with van der Waals surface area (Å²) in [6.07, 6.45) is 2.06. The number of hydrogen-bond acceptors (Lipinski definition) is 4. The maximum absolute atomic E-state index is 10.7. The molecule has 6 heteroatoms. The van der Waals surface area contributed by atoms with Crippen LogP contribution in [0.5, 0.6) is 0 Å². The van der Waals surface area contributed by atoms with Crippen molar-refractivity contribution in [1.82, 2.24) is 20.1 Å². The van der Waals surface area contributed by atoms with E-state index in [0.29, 0.717) is 0 Å². The fraction of sp³-hybridized carbons (Fsp3) is 0.700. The molecule has 0 amide bonds. The van der Waals surface area contributed by atoms with E-state index in [4.69, 9.17) is 5.11 Å². The average Bonchev–Trinajstić information content (AvgIpc) is 2.77. The average molecular weight is 224 g/mol. The van der Waals surface area contributed by atoms with Crippen LogP contribution in [-0.2, 0) is 17.8 Å². The van der Waals surface area contributed by atoms with Crippen LogP contribution in [0.4, 0.5) is 0 Å². The Hall–Kier alpha value is -1.43. The maximum Gasteiger partial charge on any atom is 0.320 e. The van der Waals surface area contributed by atoms with Crippen molar-refractivity contribution in [3.05, 3.63) is 11.6 Å². The SMILES string of the molecule is CC(NC(C)c1nnc2n1CCC2)C(=O)O. The Labute approximate surface area is 93.7 Å². The van der Waals surface area contributed by atoms with Gasteiger partial charge in [0.1, 0.15) is 17.7 Å². The predicted octanol–water partition coefficient (Wildman–Crippen LogP) is 0.348. The first-order chi connectivity index (χ1) is 7.59. The molecular formula is C10H16N4O2. The molecule has 2 rings (SSSR count). The summed E-state index contributed by atoms with van der Waals surface area (Å²) < 4.78 is 2.08. The molecule has 0 spiro atoms. The minimum absolute atomic E-state index is 0.0922. The highest BCUT2D eigenvalue weighted by atomic mass is 16.4. The third-order valence-corrected chi connectivity index (χ3v) is 2.90. The van der Waals surface area contributed by atoms with Crippen LogP contribution in [0.1, 0.15) is 38.0 Å². The zero-order valence-corrected chi connectivity index (χ0v) is 9.47. The molecule has 0 radical (unpaired) electrons. The Morgan fingerprint density at radius 3 is 2.94 bits per heavy atom. The first kappa shape index (κ1) is 11.1. The molecular weight excluding hydrogens is 208 g/mol. The van der Waals surface area contributed by atoms with E-state index >= 15 is 0 Å². The Morgan fingerprint density at radius 2 is 2.25 bits per heavy atom.